The molecule has 43 heavy (non-hydrogen) atoms. The second-order valence-electron chi connectivity index (χ2n) is 11.2. The van der Waals surface area contributed by atoms with Crippen molar-refractivity contribution in [3.63, 3.8) is 0 Å². The average molecular weight is 620 g/mol. The minimum absolute atomic E-state index is 0. The van der Waals surface area contributed by atoms with E-state index in [1.165, 1.54) is 6.92 Å². The Morgan fingerprint density at radius 2 is 1.42 bits per heavy atom. The van der Waals surface area contributed by atoms with Crippen LogP contribution in [0.1, 0.15) is 90.3 Å². The van der Waals surface area contributed by atoms with Crippen LogP contribution in [0.3, 0.4) is 0 Å². The highest BCUT2D eigenvalue weighted by atomic mass is 16.4. The van der Waals surface area contributed by atoms with Crippen molar-refractivity contribution >= 4 is 41.3 Å². The Labute approximate surface area is 257 Å². The summed E-state index contributed by atoms with van der Waals surface area (Å²) < 4.78 is 0. The minimum atomic E-state index is -1.34. The number of rotatable bonds is 23. The molecule has 11 N–H and O–H groups in total. The number of unbranched alkanes of at least 4 members (excludes halogenated alkanes) is 1. The zero-order valence-corrected chi connectivity index (χ0v) is 25.9. The van der Waals surface area contributed by atoms with Crippen molar-refractivity contribution in [2.45, 2.75) is 116 Å². The molecular weight excluding hydrogens is 562 g/mol. The van der Waals surface area contributed by atoms with Gasteiger partial charge in [-0.3, -0.25) is 34.1 Å². The zero-order chi connectivity index (χ0) is 33.3. The number of carbonyl (C=O) groups excluding carboxylic acids is 6. The van der Waals surface area contributed by atoms with E-state index < -0.39 is 59.8 Å². The first-order chi connectivity index (χ1) is 20.0. The number of nitrogens with two attached hydrogens (primary N) is 3. The number of ketones is 1. The zero-order valence-electron chi connectivity index (χ0n) is 25.9. The highest BCUT2D eigenvalue weighted by molar-refractivity contribution is 5.92. The number of carboxylic acid groups (broad SMARTS) is 1. The molecule has 0 aromatic carbocycles. The van der Waals surface area contributed by atoms with Gasteiger partial charge in [-0.15, -0.1) is 0 Å². The van der Waals surface area contributed by atoms with Crippen LogP contribution in [0, 0.1) is 11.8 Å². The van der Waals surface area contributed by atoms with Crippen LogP contribution < -0.4 is 38.5 Å². The molecule has 0 aliphatic rings. The third-order valence-corrected chi connectivity index (χ3v) is 7.19. The maximum Gasteiger partial charge on any atom is 0.326 e. The van der Waals surface area contributed by atoms with Gasteiger partial charge in [-0.1, -0.05) is 34.1 Å². The first kappa shape index (κ1) is 39.4. The predicted molar refractivity (Wildman–Crippen MR) is 165 cm³/mol. The molecule has 0 bridgehead atoms. The van der Waals surface area contributed by atoms with Gasteiger partial charge in [0, 0.05) is 23.7 Å². The molecule has 15 heteroatoms. The molecule has 0 aliphatic heterocycles. The SMILES string of the molecule is CC[C@H](C)[C@H](NC(CCC(=O)NCCCCC(N)C(=O)N[C@H](C(=O)NC(CCC(N)=O)C(=O)O)C(C)C)C(C)=O)C(N)=O.[HH].[HH].[HH]. The van der Waals surface area contributed by atoms with Gasteiger partial charge in [0.15, 0.2) is 0 Å². The minimum Gasteiger partial charge on any atom is -0.480 e. The molecule has 15 nitrogen and oxygen atoms in total. The van der Waals surface area contributed by atoms with E-state index in [9.17, 15) is 38.7 Å². The number of carbonyl (C=O) groups is 7. The number of primary amides is 2. The third-order valence-electron chi connectivity index (χ3n) is 7.19. The Morgan fingerprint density at radius 1 is 0.814 bits per heavy atom. The van der Waals surface area contributed by atoms with Gasteiger partial charge in [0.2, 0.25) is 29.5 Å². The Morgan fingerprint density at radius 3 is 1.91 bits per heavy atom. The smallest absolute Gasteiger partial charge is 0.326 e. The summed E-state index contributed by atoms with van der Waals surface area (Å²) in [6.45, 7) is 8.83. The normalized spacial score (nSPS) is 15.3. The van der Waals surface area contributed by atoms with E-state index in [0.717, 1.165) is 0 Å². The van der Waals surface area contributed by atoms with Gasteiger partial charge in [-0.05, 0) is 50.9 Å². The van der Waals surface area contributed by atoms with Gasteiger partial charge in [0.1, 0.15) is 17.9 Å². The fourth-order valence-corrected chi connectivity index (χ4v) is 4.20. The van der Waals surface area contributed by atoms with Crippen LogP contribution >= 0.6 is 0 Å². The third kappa shape index (κ3) is 16.0. The lowest BCUT2D eigenvalue weighted by atomic mass is 9.96. The molecule has 6 atom stereocenters. The van der Waals surface area contributed by atoms with Crippen molar-refractivity contribution in [3.05, 3.63) is 0 Å². The molecular formula is C28H57N7O8. The lowest BCUT2D eigenvalue weighted by Gasteiger charge is -2.26. The van der Waals surface area contributed by atoms with E-state index >= 15 is 0 Å². The topological polar surface area (TPSA) is 266 Å². The van der Waals surface area contributed by atoms with Gasteiger partial charge in [0.25, 0.3) is 0 Å². The number of amides is 5. The summed E-state index contributed by atoms with van der Waals surface area (Å²) in [7, 11) is 0. The summed E-state index contributed by atoms with van der Waals surface area (Å²) >= 11 is 0. The number of aliphatic carboxylic acids is 1. The molecule has 0 fully saturated rings. The summed E-state index contributed by atoms with van der Waals surface area (Å²) in [4.78, 5) is 83.9. The van der Waals surface area contributed by atoms with Crippen LogP contribution in [0.15, 0.2) is 0 Å². The van der Waals surface area contributed by atoms with Crippen molar-refractivity contribution < 1.29 is 42.9 Å². The van der Waals surface area contributed by atoms with Crippen molar-refractivity contribution in [3.8, 4) is 0 Å². The lowest BCUT2D eigenvalue weighted by molar-refractivity contribution is -0.142. The maximum absolute atomic E-state index is 12.7. The van der Waals surface area contributed by atoms with Gasteiger partial charge >= 0.3 is 5.97 Å². The second kappa shape index (κ2) is 20.3. The average Bonchev–Trinajstić information content (AvgIpc) is 2.91. The summed E-state index contributed by atoms with van der Waals surface area (Å²) in [5.41, 5.74) is 16.5. The van der Waals surface area contributed by atoms with Gasteiger partial charge in [-0.25, -0.2) is 4.79 Å². The molecule has 0 aliphatic carbocycles. The summed E-state index contributed by atoms with van der Waals surface area (Å²) in [6, 6.07) is -4.70. The predicted octanol–water partition coefficient (Wildman–Crippen LogP) is -0.459. The molecule has 3 unspecified atom stereocenters. The first-order valence-electron chi connectivity index (χ1n) is 14.7. The van der Waals surface area contributed by atoms with E-state index in [4.69, 9.17) is 17.2 Å². The van der Waals surface area contributed by atoms with Crippen LogP contribution in [0.4, 0.5) is 0 Å². The van der Waals surface area contributed by atoms with Crippen molar-refractivity contribution in [2.75, 3.05) is 6.54 Å². The van der Waals surface area contributed by atoms with Crippen molar-refractivity contribution in [2.24, 2.45) is 29.0 Å². The fraction of sp³-hybridized carbons (Fsp3) is 0.750. The van der Waals surface area contributed by atoms with Crippen molar-refractivity contribution in [1.29, 1.82) is 0 Å². The number of hydrogen-bond acceptors (Lipinski definition) is 9. The maximum atomic E-state index is 12.7. The second-order valence-corrected chi connectivity index (χ2v) is 11.2. The van der Waals surface area contributed by atoms with E-state index in [0.29, 0.717) is 25.8 Å². The van der Waals surface area contributed by atoms with Crippen LogP contribution in [0.5, 0.6) is 0 Å². The number of Topliss-reactive ketones (excluding diaryl/α,β-unsaturated/α-hetero) is 1. The summed E-state index contributed by atoms with van der Waals surface area (Å²) in [6.07, 6.45) is 1.83. The number of hydrogen-bond donors (Lipinski definition) is 8. The molecule has 0 saturated carbocycles. The molecule has 0 aromatic rings. The Balaban J connectivity index is -0.00000294. The highest BCUT2D eigenvalue weighted by Gasteiger charge is 2.30. The molecule has 252 valence electrons. The Kier molecular flexibility index (Phi) is 18.6. The lowest BCUT2D eigenvalue weighted by Crippen LogP contribution is -2.56. The van der Waals surface area contributed by atoms with Crippen LogP contribution in [0.2, 0.25) is 0 Å². The van der Waals surface area contributed by atoms with Crippen LogP contribution in [-0.4, -0.2) is 83.1 Å². The Hall–Kier alpha value is -3.59. The fourth-order valence-electron chi connectivity index (χ4n) is 4.20. The molecule has 0 rings (SSSR count). The molecule has 0 spiro atoms. The molecule has 0 aromatic heterocycles. The molecule has 5 amide bonds. The Bertz CT molecular complexity index is 991. The monoisotopic (exact) mass is 619 g/mol. The molecule has 0 saturated heterocycles. The van der Waals surface area contributed by atoms with Gasteiger partial charge < -0.3 is 38.3 Å². The highest BCUT2D eigenvalue weighted by Crippen LogP contribution is 2.11. The van der Waals surface area contributed by atoms with E-state index in [1.54, 1.807) is 13.8 Å². The van der Waals surface area contributed by atoms with E-state index in [1.807, 2.05) is 13.8 Å². The van der Waals surface area contributed by atoms with Crippen LogP contribution in [-0.2, 0) is 33.6 Å². The number of carboxylic acids is 1. The largest absolute Gasteiger partial charge is 0.480 e. The van der Waals surface area contributed by atoms with Crippen molar-refractivity contribution in [1.82, 2.24) is 21.3 Å². The van der Waals surface area contributed by atoms with E-state index in [-0.39, 0.29) is 59.9 Å². The quantitative estimate of drug-likeness (QED) is 0.0682. The standard InChI is InChI=1S/C28H51N7O8.3H2/c1-6-16(4)24(25(31)39)33-19(17(5)36)11-13-22(38)32-14-8-7-9-18(29)26(40)35-23(15(2)3)27(41)34-20(28(42)43)10-12-21(30)37;;;/h15-16,18-20,23-24,33H,6-14,29H2,1-5H3,(H2,30,37)(H2,31,39)(H,32,38)(H,34,41)(H,35,40)(H,42,43);3*1H/t16-,18?,19?,20?,23-,24-;;;/m0.../s1. The summed E-state index contributed by atoms with van der Waals surface area (Å²) in [5.74, 6) is -4.81. The summed E-state index contributed by atoms with van der Waals surface area (Å²) in [5, 5.41) is 19.9. The molecule has 0 radical (unpaired) electrons. The number of nitrogens with one attached hydrogen (secondary N) is 4. The first-order valence-corrected chi connectivity index (χ1v) is 14.7. The van der Waals surface area contributed by atoms with E-state index in [2.05, 4.69) is 21.3 Å². The van der Waals surface area contributed by atoms with Gasteiger partial charge in [-0.2, -0.15) is 0 Å². The van der Waals surface area contributed by atoms with Gasteiger partial charge in [0.05, 0.1) is 18.1 Å². The molecule has 0 heterocycles. The van der Waals surface area contributed by atoms with Crippen LogP contribution in [0.25, 0.3) is 0 Å².